The number of amides is 1. The van der Waals surface area contributed by atoms with E-state index in [2.05, 4.69) is 53.8 Å². The van der Waals surface area contributed by atoms with Crippen LogP contribution in [0.1, 0.15) is 25.7 Å². The van der Waals surface area contributed by atoms with E-state index in [-0.39, 0.29) is 11.3 Å². The number of hydrogen-bond acceptors (Lipinski definition) is 7. The van der Waals surface area contributed by atoms with Crippen LogP contribution in [-0.2, 0) is 4.79 Å². The molecule has 8 rings (SSSR count). The highest BCUT2D eigenvalue weighted by Crippen LogP contribution is 2.45. The molecule has 3 aliphatic heterocycles. The van der Waals surface area contributed by atoms with Crippen LogP contribution in [0.15, 0.2) is 71.9 Å². The summed E-state index contributed by atoms with van der Waals surface area (Å²) < 4.78 is 12.6. The van der Waals surface area contributed by atoms with Crippen LogP contribution in [0.3, 0.4) is 0 Å². The zero-order valence-corrected chi connectivity index (χ0v) is 26.2. The van der Waals surface area contributed by atoms with Crippen LogP contribution in [0, 0.1) is 5.41 Å². The van der Waals surface area contributed by atoms with Crippen LogP contribution < -0.4 is 9.64 Å². The van der Waals surface area contributed by atoms with Gasteiger partial charge in [-0.1, -0.05) is 48.5 Å². The third-order valence-corrected chi connectivity index (χ3v) is 10.6. The lowest BCUT2D eigenvalue weighted by atomic mass is 9.72. The molecule has 5 aromatic rings. The Morgan fingerprint density at radius 1 is 1.09 bits per heavy atom. The highest BCUT2D eigenvalue weighted by Gasteiger charge is 2.46. The smallest absolute Gasteiger partial charge is 0.319 e. The maximum Gasteiger partial charge on any atom is 0.319 e. The number of furan rings is 1. The lowest BCUT2D eigenvalue weighted by molar-refractivity contribution is -0.139. The molecule has 1 atom stereocenters. The van der Waals surface area contributed by atoms with Gasteiger partial charge in [-0.2, -0.15) is 9.97 Å². The van der Waals surface area contributed by atoms with Gasteiger partial charge in [0.15, 0.2) is 0 Å². The number of hydrogen-bond donors (Lipinski definition) is 0. The molecule has 3 aromatic carbocycles. The number of carbonyl (C=O) groups excluding carboxylic acids is 1. The van der Waals surface area contributed by atoms with E-state index in [0.29, 0.717) is 23.7 Å². The first-order valence-electron chi connectivity index (χ1n) is 15.8. The highest BCUT2D eigenvalue weighted by atomic mass is 35.5. The Balaban J connectivity index is 1.22. The number of nitrogens with zero attached hydrogens (tertiary/aromatic N) is 5. The van der Waals surface area contributed by atoms with E-state index in [0.717, 1.165) is 102 Å². The van der Waals surface area contributed by atoms with Crippen molar-refractivity contribution < 1.29 is 13.9 Å². The van der Waals surface area contributed by atoms with Crippen molar-refractivity contribution in [1.82, 2.24) is 19.8 Å². The van der Waals surface area contributed by atoms with Gasteiger partial charge in [0.2, 0.25) is 5.91 Å². The number of benzene rings is 3. The van der Waals surface area contributed by atoms with E-state index < -0.39 is 0 Å². The van der Waals surface area contributed by atoms with Gasteiger partial charge in [0.25, 0.3) is 0 Å². The minimum atomic E-state index is 0.0167. The fraction of sp³-hybridized carbons (Fsp3) is 0.361. The molecule has 1 spiro atoms. The minimum absolute atomic E-state index is 0.0167. The summed E-state index contributed by atoms with van der Waals surface area (Å²) in [6.07, 6.45) is 7.40. The number of likely N-dealkylation sites (tertiary alicyclic amines) is 2. The van der Waals surface area contributed by atoms with Crippen molar-refractivity contribution in [2.75, 3.05) is 51.3 Å². The molecule has 230 valence electrons. The van der Waals surface area contributed by atoms with Crippen LogP contribution in [0.4, 0.5) is 5.82 Å². The Morgan fingerprint density at radius 2 is 1.89 bits per heavy atom. The predicted octanol–water partition coefficient (Wildman–Crippen LogP) is 6.94. The lowest BCUT2D eigenvalue weighted by Gasteiger charge is -2.53. The molecular weight excluding hydrogens is 586 g/mol. The predicted molar refractivity (Wildman–Crippen MR) is 179 cm³/mol. The van der Waals surface area contributed by atoms with Crippen molar-refractivity contribution >= 4 is 56.0 Å². The van der Waals surface area contributed by atoms with Crippen LogP contribution in [0.5, 0.6) is 6.01 Å². The second-order valence-electron chi connectivity index (χ2n) is 12.9. The van der Waals surface area contributed by atoms with Crippen LogP contribution >= 0.6 is 11.6 Å². The summed E-state index contributed by atoms with van der Waals surface area (Å²) in [5.74, 6) is 0.855. The van der Waals surface area contributed by atoms with E-state index in [9.17, 15) is 4.79 Å². The lowest BCUT2D eigenvalue weighted by Crippen LogP contribution is -2.61. The second kappa shape index (κ2) is 11.0. The van der Waals surface area contributed by atoms with Crippen LogP contribution in [0.25, 0.3) is 43.8 Å². The standard InChI is InChI=1S/C36H36ClN5O3/c1-3-30(43)42-21-36(22-42)13-16-41(17-14-36)34-32-29(38-35(39-34)45-20-24-9-6-15-40(24)2)19-27(26-12-18-44-33(26)32)25-10-4-7-23-8-5-11-28(37)31(23)25/h3-5,7-8,10-12,18-19,24H,1,6,9,13-17,20-22H2,2H3/t24-/m0/s1. The highest BCUT2D eigenvalue weighted by molar-refractivity contribution is 6.37. The van der Waals surface area contributed by atoms with Crippen molar-refractivity contribution in [2.24, 2.45) is 5.41 Å². The summed E-state index contributed by atoms with van der Waals surface area (Å²) in [7, 11) is 2.15. The minimum Gasteiger partial charge on any atom is -0.463 e. The average Bonchev–Trinajstić information content (AvgIpc) is 3.70. The fourth-order valence-electron chi connectivity index (χ4n) is 7.65. The maximum absolute atomic E-state index is 12.1. The first kappa shape index (κ1) is 28.3. The Kier molecular flexibility index (Phi) is 6.95. The van der Waals surface area contributed by atoms with Gasteiger partial charge < -0.3 is 23.9 Å². The van der Waals surface area contributed by atoms with E-state index in [1.165, 1.54) is 12.5 Å². The zero-order chi connectivity index (χ0) is 30.7. The molecule has 8 nitrogen and oxygen atoms in total. The van der Waals surface area contributed by atoms with Gasteiger partial charge in [-0.05, 0) is 80.1 Å². The Bertz CT molecular complexity index is 1950. The Morgan fingerprint density at radius 3 is 2.64 bits per heavy atom. The molecule has 3 saturated heterocycles. The molecule has 3 fully saturated rings. The van der Waals surface area contributed by atoms with Gasteiger partial charge in [-0.25, -0.2) is 0 Å². The van der Waals surface area contributed by atoms with E-state index in [4.69, 9.17) is 30.7 Å². The van der Waals surface area contributed by atoms with Crippen molar-refractivity contribution in [2.45, 2.75) is 31.7 Å². The number of aromatic nitrogens is 2. The SMILES string of the molecule is C=CC(=O)N1CC2(CCN(c3nc(OC[C@@H]4CCCN4C)nc4cc(-c5cccc6cccc(Cl)c56)c5ccoc5c34)CC2)C1. The van der Waals surface area contributed by atoms with Crippen LogP contribution in [0.2, 0.25) is 5.02 Å². The molecule has 0 unspecified atom stereocenters. The molecule has 2 aromatic heterocycles. The summed E-state index contributed by atoms with van der Waals surface area (Å²) in [4.78, 5) is 28.8. The number of piperidine rings is 1. The fourth-order valence-corrected chi connectivity index (χ4v) is 7.93. The first-order chi connectivity index (χ1) is 21.9. The largest absolute Gasteiger partial charge is 0.463 e. The molecule has 0 bridgehead atoms. The topological polar surface area (TPSA) is 74.9 Å². The number of carbonyl (C=O) groups is 1. The molecule has 3 aliphatic rings. The molecule has 9 heteroatoms. The summed E-state index contributed by atoms with van der Waals surface area (Å²) in [6, 6.07) is 17.2. The summed E-state index contributed by atoms with van der Waals surface area (Å²) >= 11 is 6.79. The molecule has 0 radical (unpaired) electrons. The molecule has 0 saturated carbocycles. The number of fused-ring (bicyclic) bond motifs is 4. The van der Waals surface area contributed by atoms with Crippen molar-refractivity contribution in [3.63, 3.8) is 0 Å². The van der Waals surface area contributed by atoms with E-state index >= 15 is 0 Å². The van der Waals surface area contributed by atoms with Gasteiger partial charge in [0.1, 0.15) is 18.0 Å². The first-order valence-corrected chi connectivity index (χ1v) is 16.2. The van der Waals surface area contributed by atoms with E-state index in [1.807, 2.05) is 23.1 Å². The van der Waals surface area contributed by atoms with Gasteiger partial charge >= 0.3 is 6.01 Å². The summed E-state index contributed by atoms with van der Waals surface area (Å²) in [5.41, 5.74) is 3.74. The maximum atomic E-state index is 12.1. The van der Waals surface area contributed by atoms with E-state index in [1.54, 1.807) is 6.26 Å². The zero-order valence-electron chi connectivity index (χ0n) is 25.5. The Labute approximate surface area is 267 Å². The monoisotopic (exact) mass is 621 g/mol. The summed E-state index contributed by atoms with van der Waals surface area (Å²) in [6.45, 7) is 8.52. The number of rotatable bonds is 6. The third kappa shape index (κ3) is 4.82. The number of halogens is 1. The Hall–Kier alpha value is -4.14. The quantitative estimate of drug-likeness (QED) is 0.190. The normalized spacial score (nSPS) is 19.9. The van der Waals surface area contributed by atoms with Crippen LogP contribution in [-0.4, -0.2) is 78.1 Å². The average molecular weight is 622 g/mol. The summed E-state index contributed by atoms with van der Waals surface area (Å²) in [5, 5.41) is 4.68. The number of anilines is 1. The van der Waals surface area contributed by atoms with Gasteiger partial charge in [-0.3, -0.25) is 4.79 Å². The van der Waals surface area contributed by atoms with Gasteiger partial charge in [0, 0.05) is 53.4 Å². The second-order valence-corrected chi connectivity index (χ2v) is 13.3. The molecular formula is C36H36ClN5O3. The van der Waals surface area contributed by atoms with Gasteiger partial charge in [-0.15, -0.1) is 0 Å². The number of ether oxygens (including phenoxy) is 1. The molecule has 1 amide bonds. The molecule has 45 heavy (non-hydrogen) atoms. The molecule has 0 N–H and O–H groups in total. The molecule has 0 aliphatic carbocycles. The van der Waals surface area contributed by atoms with Gasteiger partial charge in [0.05, 0.1) is 17.2 Å². The van der Waals surface area contributed by atoms with Crippen molar-refractivity contribution in [3.05, 3.63) is 72.5 Å². The number of likely N-dealkylation sites (N-methyl/N-ethyl adjacent to an activating group) is 1. The molecule has 5 heterocycles. The van der Waals surface area contributed by atoms with Crippen molar-refractivity contribution in [1.29, 1.82) is 0 Å². The van der Waals surface area contributed by atoms with Crippen molar-refractivity contribution in [3.8, 4) is 17.1 Å². The third-order valence-electron chi connectivity index (χ3n) is 10.2.